The lowest BCUT2D eigenvalue weighted by molar-refractivity contribution is -0.193. The number of carbonyl (C=O) groups is 3. The van der Waals surface area contributed by atoms with E-state index in [1.807, 2.05) is 0 Å². The zero-order chi connectivity index (χ0) is 20.0. The van der Waals surface area contributed by atoms with Crippen molar-refractivity contribution < 1.29 is 28.6 Å². The Labute approximate surface area is 170 Å². The van der Waals surface area contributed by atoms with Crippen LogP contribution in [0.15, 0.2) is 0 Å². The Morgan fingerprint density at radius 3 is 2.52 bits per heavy atom. The van der Waals surface area contributed by atoms with Crippen molar-refractivity contribution in [1.82, 2.24) is 0 Å². The third-order valence-electron chi connectivity index (χ3n) is 10.9. The number of hydrogen-bond donors (Lipinski definition) is 0. The second kappa shape index (κ2) is 4.58. The first kappa shape index (κ1) is 17.3. The summed E-state index contributed by atoms with van der Waals surface area (Å²) in [5.41, 5.74) is -1.90. The van der Waals surface area contributed by atoms with Gasteiger partial charge >= 0.3 is 11.9 Å². The number of ketones is 1. The minimum Gasteiger partial charge on any atom is -0.458 e. The summed E-state index contributed by atoms with van der Waals surface area (Å²) in [5, 5.41) is 0. The van der Waals surface area contributed by atoms with Gasteiger partial charge < -0.3 is 14.2 Å². The summed E-state index contributed by atoms with van der Waals surface area (Å²) in [4.78, 5) is 37.6. The fraction of sp³-hybridized carbons (Fsp3) is 0.870. The summed E-state index contributed by atoms with van der Waals surface area (Å²) in [6, 6.07) is 0. The number of esters is 2. The molecular weight excluding hydrogens is 372 g/mol. The molecule has 3 spiro atoms. The smallest absolute Gasteiger partial charge is 0.310 e. The number of rotatable bonds is 0. The minimum atomic E-state index is -0.681. The molecule has 3 heterocycles. The second-order valence-corrected chi connectivity index (χ2v) is 11.4. The van der Waals surface area contributed by atoms with Crippen molar-refractivity contribution in [2.45, 2.75) is 94.5 Å². The first-order valence-corrected chi connectivity index (χ1v) is 11.3. The number of carbonyl (C=O) groups excluding carboxylic acids is 3. The SMILES string of the molecule is CC12CC3O[C@@]34C(C1CC[C@@]21CCC(=O)O1)[C@H]1C[C@]2(CC(=O)CCC24C)OC1=O. The van der Waals surface area contributed by atoms with Gasteiger partial charge in [-0.15, -0.1) is 0 Å². The summed E-state index contributed by atoms with van der Waals surface area (Å²) in [7, 11) is 0. The average molecular weight is 400 g/mol. The standard InChI is InChI=1S/C23H28O6/c1-19-11-15-23(27-15)17(14(19)4-7-21(19)8-5-16(25)28-21)13-10-22(29-18(13)26)9-12(24)3-6-20(22,23)2/h13-15,17H,3-11H2,1-2H3/t13-,14?,15?,17?,19?,20?,21-,22+,23-/m1/s1. The molecule has 156 valence electrons. The third-order valence-corrected chi connectivity index (χ3v) is 10.9. The highest BCUT2D eigenvalue weighted by atomic mass is 16.6. The highest BCUT2D eigenvalue weighted by Gasteiger charge is 2.88. The van der Waals surface area contributed by atoms with Crippen LogP contribution in [0.25, 0.3) is 0 Å². The van der Waals surface area contributed by atoms with E-state index in [0.29, 0.717) is 25.7 Å². The van der Waals surface area contributed by atoms with Crippen LogP contribution in [0, 0.1) is 28.6 Å². The van der Waals surface area contributed by atoms with Gasteiger partial charge in [-0.25, -0.2) is 0 Å². The first-order valence-electron chi connectivity index (χ1n) is 11.3. The van der Waals surface area contributed by atoms with Gasteiger partial charge in [-0.1, -0.05) is 13.8 Å². The molecule has 4 aliphatic carbocycles. The van der Waals surface area contributed by atoms with Crippen LogP contribution >= 0.6 is 0 Å². The maximum Gasteiger partial charge on any atom is 0.310 e. The van der Waals surface area contributed by atoms with Gasteiger partial charge in [0.2, 0.25) is 0 Å². The lowest BCUT2D eigenvalue weighted by Crippen LogP contribution is -2.68. The summed E-state index contributed by atoms with van der Waals surface area (Å²) < 4.78 is 18.8. The molecule has 0 amide bonds. The van der Waals surface area contributed by atoms with Crippen LogP contribution in [-0.2, 0) is 28.6 Å². The van der Waals surface area contributed by atoms with Gasteiger partial charge in [0.1, 0.15) is 22.6 Å². The van der Waals surface area contributed by atoms with Crippen molar-refractivity contribution in [1.29, 1.82) is 0 Å². The Balaban J connectivity index is 1.38. The molecule has 2 bridgehead atoms. The topological polar surface area (TPSA) is 82.2 Å². The van der Waals surface area contributed by atoms with Crippen molar-refractivity contribution in [2.24, 2.45) is 28.6 Å². The predicted octanol–water partition coefficient (Wildman–Crippen LogP) is 2.71. The summed E-state index contributed by atoms with van der Waals surface area (Å²) in [6.45, 7) is 4.51. The monoisotopic (exact) mass is 400 g/mol. The fourth-order valence-corrected chi connectivity index (χ4v) is 9.49. The Morgan fingerprint density at radius 1 is 0.931 bits per heavy atom. The molecule has 9 atom stereocenters. The Bertz CT molecular complexity index is 898. The van der Waals surface area contributed by atoms with E-state index in [2.05, 4.69) is 13.8 Å². The van der Waals surface area contributed by atoms with Crippen LogP contribution < -0.4 is 0 Å². The van der Waals surface area contributed by atoms with E-state index in [0.717, 1.165) is 32.1 Å². The van der Waals surface area contributed by atoms with E-state index in [9.17, 15) is 14.4 Å². The van der Waals surface area contributed by atoms with E-state index in [1.165, 1.54) is 0 Å². The Kier molecular flexibility index (Phi) is 2.73. The zero-order valence-electron chi connectivity index (χ0n) is 17.1. The molecule has 0 aromatic carbocycles. The van der Waals surface area contributed by atoms with Crippen molar-refractivity contribution >= 4 is 17.7 Å². The van der Waals surface area contributed by atoms with E-state index >= 15 is 0 Å². The molecule has 3 aliphatic heterocycles. The van der Waals surface area contributed by atoms with E-state index < -0.39 is 11.2 Å². The normalized spacial score (nSPS) is 61.5. The molecule has 5 unspecified atom stereocenters. The van der Waals surface area contributed by atoms with Gasteiger partial charge in [-0.2, -0.15) is 0 Å². The number of fused-ring (bicyclic) bond motifs is 5. The number of epoxide rings is 1. The average Bonchev–Trinajstić information content (AvgIpc) is 2.96. The predicted molar refractivity (Wildman–Crippen MR) is 98.5 cm³/mol. The van der Waals surface area contributed by atoms with Gasteiger partial charge in [0.25, 0.3) is 0 Å². The maximum absolute atomic E-state index is 13.2. The number of hydrogen-bond acceptors (Lipinski definition) is 6. The maximum atomic E-state index is 13.2. The summed E-state index contributed by atoms with van der Waals surface area (Å²) >= 11 is 0. The van der Waals surface area contributed by atoms with Crippen molar-refractivity contribution in [2.75, 3.05) is 0 Å². The summed E-state index contributed by atoms with van der Waals surface area (Å²) in [5.74, 6) is 0.190. The van der Waals surface area contributed by atoms with Crippen LogP contribution in [0.5, 0.6) is 0 Å². The quantitative estimate of drug-likeness (QED) is 0.459. The second-order valence-electron chi connectivity index (χ2n) is 11.4. The molecule has 6 heteroatoms. The van der Waals surface area contributed by atoms with Gasteiger partial charge in [-0.05, 0) is 38.0 Å². The lowest BCUT2D eigenvalue weighted by atomic mass is 9.41. The van der Waals surface area contributed by atoms with E-state index in [1.54, 1.807) is 0 Å². The minimum absolute atomic E-state index is 0.0675. The summed E-state index contributed by atoms with van der Waals surface area (Å²) in [6.07, 6.45) is 6.38. The molecule has 4 saturated carbocycles. The van der Waals surface area contributed by atoms with Crippen LogP contribution in [0.2, 0.25) is 0 Å². The van der Waals surface area contributed by atoms with Gasteiger partial charge in [0.15, 0.2) is 0 Å². The lowest BCUT2D eigenvalue weighted by Gasteiger charge is -2.60. The molecule has 7 fully saturated rings. The van der Waals surface area contributed by atoms with Crippen LogP contribution in [-0.4, -0.2) is 40.6 Å². The van der Waals surface area contributed by atoms with Gasteiger partial charge in [0.05, 0.1) is 12.0 Å². The highest BCUT2D eigenvalue weighted by molar-refractivity contribution is 5.85. The molecule has 0 N–H and O–H groups in total. The van der Waals surface area contributed by atoms with E-state index in [-0.39, 0.29) is 58.0 Å². The molecule has 7 aliphatic rings. The molecule has 3 saturated heterocycles. The molecule has 7 rings (SSSR count). The van der Waals surface area contributed by atoms with Gasteiger partial charge in [0, 0.05) is 42.4 Å². The third kappa shape index (κ3) is 1.55. The fourth-order valence-electron chi connectivity index (χ4n) is 9.49. The highest BCUT2D eigenvalue weighted by Crippen LogP contribution is 2.81. The molecular formula is C23H28O6. The molecule has 6 nitrogen and oxygen atoms in total. The molecule has 0 radical (unpaired) electrons. The van der Waals surface area contributed by atoms with E-state index in [4.69, 9.17) is 14.2 Å². The largest absolute Gasteiger partial charge is 0.458 e. The molecule has 0 aromatic heterocycles. The van der Waals surface area contributed by atoms with Crippen LogP contribution in [0.4, 0.5) is 0 Å². The van der Waals surface area contributed by atoms with Crippen LogP contribution in [0.3, 0.4) is 0 Å². The molecule has 0 aromatic rings. The van der Waals surface area contributed by atoms with Crippen molar-refractivity contribution in [3.05, 3.63) is 0 Å². The Hall–Kier alpha value is -1.43. The van der Waals surface area contributed by atoms with Gasteiger partial charge in [-0.3, -0.25) is 14.4 Å². The molecule has 29 heavy (non-hydrogen) atoms. The number of ether oxygens (including phenoxy) is 3. The zero-order valence-corrected chi connectivity index (χ0v) is 17.1. The number of Topliss-reactive ketones (excluding diaryl/α,β-unsaturated/α-hetero) is 1. The van der Waals surface area contributed by atoms with Crippen molar-refractivity contribution in [3.63, 3.8) is 0 Å². The van der Waals surface area contributed by atoms with Crippen molar-refractivity contribution in [3.8, 4) is 0 Å². The van der Waals surface area contributed by atoms with Crippen LogP contribution in [0.1, 0.15) is 71.6 Å². The first-order chi connectivity index (χ1) is 13.7. The Morgan fingerprint density at radius 2 is 1.76 bits per heavy atom.